The Bertz CT molecular complexity index is 460. The third-order valence-electron chi connectivity index (χ3n) is 3.58. The lowest BCUT2D eigenvalue weighted by Gasteiger charge is -2.11. The fourth-order valence-corrected chi connectivity index (χ4v) is 3.13. The summed E-state index contributed by atoms with van der Waals surface area (Å²) in [5, 5.41) is 11.0. The summed E-state index contributed by atoms with van der Waals surface area (Å²) in [5.41, 5.74) is 2.58. The van der Waals surface area contributed by atoms with Gasteiger partial charge in [0.15, 0.2) is 0 Å². The van der Waals surface area contributed by atoms with E-state index in [9.17, 15) is 5.02 Å². The quantitative estimate of drug-likeness (QED) is 0.856. The van der Waals surface area contributed by atoms with E-state index in [0.717, 1.165) is 29.9 Å². The SMILES string of the molecule is OB1OCc2cc(Cl)c(CCC3CC3)c(Cl)c21. The highest BCUT2D eigenvalue weighted by Gasteiger charge is 2.32. The summed E-state index contributed by atoms with van der Waals surface area (Å²) in [6.45, 7) is 0.388. The van der Waals surface area contributed by atoms with Crippen molar-refractivity contribution in [3.05, 3.63) is 27.2 Å². The Morgan fingerprint density at radius 2 is 2.18 bits per heavy atom. The average Bonchev–Trinajstić information content (AvgIpc) is 3.03. The van der Waals surface area contributed by atoms with E-state index >= 15 is 0 Å². The lowest BCUT2D eigenvalue weighted by atomic mass is 9.78. The molecule has 1 heterocycles. The number of hydrogen-bond acceptors (Lipinski definition) is 2. The van der Waals surface area contributed by atoms with Gasteiger partial charge in [-0.25, -0.2) is 0 Å². The van der Waals surface area contributed by atoms with Gasteiger partial charge in [0.25, 0.3) is 0 Å². The Morgan fingerprint density at radius 3 is 2.88 bits per heavy atom. The van der Waals surface area contributed by atoms with E-state index in [4.69, 9.17) is 27.9 Å². The van der Waals surface area contributed by atoms with Crippen molar-refractivity contribution < 1.29 is 9.68 Å². The number of benzene rings is 1. The van der Waals surface area contributed by atoms with Crippen LogP contribution in [-0.2, 0) is 17.7 Å². The molecule has 2 nitrogen and oxygen atoms in total. The van der Waals surface area contributed by atoms with Gasteiger partial charge in [0.1, 0.15) is 0 Å². The summed E-state index contributed by atoms with van der Waals surface area (Å²) < 4.78 is 5.16. The molecular formula is C12H13BCl2O2. The van der Waals surface area contributed by atoms with Crippen molar-refractivity contribution in [2.24, 2.45) is 5.92 Å². The largest absolute Gasteiger partial charge is 0.493 e. The molecule has 0 saturated heterocycles. The summed E-state index contributed by atoms with van der Waals surface area (Å²) in [6, 6.07) is 1.88. The van der Waals surface area contributed by atoms with Gasteiger partial charge >= 0.3 is 7.12 Å². The van der Waals surface area contributed by atoms with Crippen LogP contribution in [0.15, 0.2) is 6.07 Å². The highest BCUT2D eigenvalue weighted by molar-refractivity contribution is 6.65. The Morgan fingerprint density at radius 1 is 1.41 bits per heavy atom. The average molecular weight is 271 g/mol. The van der Waals surface area contributed by atoms with E-state index in [2.05, 4.69) is 0 Å². The molecule has 2 aliphatic rings. The molecule has 5 heteroatoms. The monoisotopic (exact) mass is 270 g/mol. The zero-order valence-electron chi connectivity index (χ0n) is 9.38. The molecule has 0 aromatic heterocycles. The molecule has 1 aliphatic carbocycles. The van der Waals surface area contributed by atoms with Crippen molar-refractivity contribution in [1.29, 1.82) is 0 Å². The van der Waals surface area contributed by atoms with Crippen LogP contribution < -0.4 is 5.46 Å². The fraction of sp³-hybridized carbons (Fsp3) is 0.500. The molecule has 0 atom stereocenters. The molecule has 0 unspecified atom stereocenters. The third-order valence-corrected chi connectivity index (χ3v) is 4.35. The summed E-state index contributed by atoms with van der Waals surface area (Å²) in [5.74, 6) is 0.844. The predicted molar refractivity (Wildman–Crippen MR) is 69.9 cm³/mol. The molecule has 0 spiro atoms. The molecule has 3 rings (SSSR count). The molecule has 1 fully saturated rings. The fourth-order valence-electron chi connectivity index (χ4n) is 2.35. The highest BCUT2D eigenvalue weighted by Crippen LogP contribution is 2.36. The van der Waals surface area contributed by atoms with Crippen LogP contribution in [0, 0.1) is 5.92 Å². The number of halogens is 2. The third kappa shape index (κ3) is 2.22. The van der Waals surface area contributed by atoms with Crippen molar-refractivity contribution in [1.82, 2.24) is 0 Å². The van der Waals surface area contributed by atoms with Crippen molar-refractivity contribution in [2.45, 2.75) is 32.3 Å². The van der Waals surface area contributed by atoms with Gasteiger partial charge in [-0.15, -0.1) is 0 Å². The van der Waals surface area contributed by atoms with Gasteiger partial charge in [0, 0.05) is 15.5 Å². The maximum atomic E-state index is 9.72. The van der Waals surface area contributed by atoms with E-state index in [1.165, 1.54) is 12.8 Å². The number of fused-ring (bicyclic) bond motifs is 1. The second kappa shape index (κ2) is 4.47. The van der Waals surface area contributed by atoms with Crippen molar-refractivity contribution in [3.8, 4) is 0 Å². The van der Waals surface area contributed by atoms with Crippen LogP contribution >= 0.6 is 23.2 Å². The van der Waals surface area contributed by atoms with E-state index in [1.54, 1.807) is 0 Å². The van der Waals surface area contributed by atoms with Crippen LogP contribution in [0.3, 0.4) is 0 Å². The van der Waals surface area contributed by atoms with Gasteiger partial charge in [-0.3, -0.25) is 0 Å². The second-order valence-corrected chi connectivity index (χ2v) is 5.65. The van der Waals surface area contributed by atoms with Crippen LogP contribution in [0.5, 0.6) is 0 Å². The molecule has 1 aromatic rings. The van der Waals surface area contributed by atoms with Gasteiger partial charge < -0.3 is 9.68 Å². The second-order valence-electron chi connectivity index (χ2n) is 4.87. The molecule has 1 aromatic carbocycles. The Hall–Kier alpha value is -0.215. The van der Waals surface area contributed by atoms with Crippen LogP contribution in [0.2, 0.25) is 10.0 Å². The molecule has 0 radical (unpaired) electrons. The highest BCUT2D eigenvalue weighted by atomic mass is 35.5. The number of rotatable bonds is 3. The maximum Gasteiger partial charge on any atom is 0.493 e. The van der Waals surface area contributed by atoms with Gasteiger partial charge in [0.2, 0.25) is 0 Å². The van der Waals surface area contributed by atoms with Crippen LogP contribution in [0.1, 0.15) is 30.4 Å². The van der Waals surface area contributed by atoms with Crippen LogP contribution in [0.25, 0.3) is 0 Å². The molecule has 1 saturated carbocycles. The summed E-state index contributed by atoms with van der Waals surface area (Å²) in [6.07, 6.45) is 4.68. The van der Waals surface area contributed by atoms with Crippen LogP contribution in [0.4, 0.5) is 0 Å². The Labute approximate surface area is 111 Å². The van der Waals surface area contributed by atoms with E-state index in [1.807, 2.05) is 6.07 Å². The topological polar surface area (TPSA) is 29.5 Å². The van der Waals surface area contributed by atoms with Gasteiger partial charge in [-0.05, 0) is 36.0 Å². The summed E-state index contributed by atoms with van der Waals surface area (Å²) in [7, 11) is -0.894. The van der Waals surface area contributed by atoms with E-state index in [0.29, 0.717) is 22.1 Å². The smallest absolute Gasteiger partial charge is 0.423 e. The molecule has 0 bridgehead atoms. The predicted octanol–water partition coefficient (Wildman–Crippen LogP) is 2.55. The van der Waals surface area contributed by atoms with E-state index < -0.39 is 7.12 Å². The first-order valence-corrected chi connectivity index (χ1v) is 6.71. The molecule has 17 heavy (non-hydrogen) atoms. The maximum absolute atomic E-state index is 9.72. The standard InChI is InChI=1S/C12H13BCl2O2/c14-10-5-8-6-17-13(16)11(8)12(15)9(10)4-3-7-1-2-7/h5,7,16H,1-4,6H2. The normalized spacial score (nSPS) is 18.6. The Kier molecular flexibility index (Phi) is 3.12. The minimum absolute atomic E-state index is 0.388. The lowest BCUT2D eigenvalue weighted by Crippen LogP contribution is -2.30. The molecule has 1 aliphatic heterocycles. The van der Waals surface area contributed by atoms with Gasteiger partial charge in [0.05, 0.1) is 6.61 Å². The lowest BCUT2D eigenvalue weighted by molar-refractivity contribution is 0.275. The molecular weight excluding hydrogens is 258 g/mol. The first-order chi connectivity index (χ1) is 8.16. The van der Waals surface area contributed by atoms with Crippen molar-refractivity contribution >= 4 is 35.8 Å². The minimum Gasteiger partial charge on any atom is -0.423 e. The zero-order chi connectivity index (χ0) is 12.0. The molecule has 1 N–H and O–H groups in total. The minimum atomic E-state index is -0.894. The van der Waals surface area contributed by atoms with Gasteiger partial charge in [-0.2, -0.15) is 0 Å². The van der Waals surface area contributed by atoms with Crippen molar-refractivity contribution in [3.63, 3.8) is 0 Å². The number of hydrogen-bond donors (Lipinski definition) is 1. The van der Waals surface area contributed by atoms with E-state index in [-0.39, 0.29) is 0 Å². The first kappa shape index (κ1) is 11.9. The molecule has 90 valence electrons. The summed E-state index contributed by atoms with van der Waals surface area (Å²) in [4.78, 5) is 0. The zero-order valence-corrected chi connectivity index (χ0v) is 10.9. The molecule has 0 amide bonds. The summed E-state index contributed by atoms with van der Waals surface area (Å²) >= 11 is 12.6. The van der Waals surface area contributed by atoms with Gasteiger partial charge in [-0.1, -0.05) is 36.0 Å². The van der Waals surface area contributed by atoms with Crippen molar-refractivity contribution in [2.75, 3.05) is 0 Å². The first-order valence-electron chi connectivity index (χ1n) is 5.96. The Balaban J connectivity index is 1.93. The van der Waals surface area contributed by atoms with Crippen LogP contribution in [-0.4, -0.2) is 12.1 Å².